The summed E-state index contributed by atoms with van der Waals surface area (Å²) in [6, 6.07) is 18.8. The average Bonchev–Trinajstić information content (AvgIpc) is 2.83. The van der Waals surface area contributed by atoms with E-state index in [0.29, 0.717) is 21.3 Å². The van der Waals surface area contributed by atoms with Gasteiger partial charge in [0.15, 0.2) is 5.11 Å². The summed E-state index contributed by atoms with van der Waals surface area (Å²) in [6.45, 7) is 6.28. The maximum Gasteiger partial charge on any atom is 0.257 e. The number of piperazine rings is 1. The van der Waals surface area contributed by atoms with E-state index in [9.17, 15) is 4.79 Å². The van der Waals surface area contributed by atoms with Gasteiger partial charge in [0.1, 0.15) is 0 Å². The highest BCUT2D eigenvalue weighted by molar-refractivity contribution is 7.80. The molecule has 35 heavy (non-hydrogen) atoms. The number of carbonyl (C=O) groups excluding carboxylic acids is 1. The van der Waals surface area contributed by atoms with Crippen molar-refractivity contribution in [2.45, 2.75) is 13.5 Å². The molecule has 0 spiro atoms. The second-order valence-electron chi connectivity index (χ2n) is 8.39. The van der Waals surface area contributed by atoms with E-state index in [1.54, 1.807) is 18.2 Å². The van der Waals surface area contributed by atoms with E-state index in [2.05, 4.69) is 26.5 Å². The lowest BCUT2D eigenvalue weighted by Gasteiger charge is -2.36. The summed E-state index contributed by atoms with van der Waals surface area (Å²) in [5.41, 5.74) is 4.15. The molecule has 3 aromatic carbocycles. The van der Waals surface area contributed by atoms with Crippen LogP contribution in [-0.4, -0.2) is 42.1 Å². The van der Waals surface area contributed by atoms with Crippen molar-refractivity contribution in [2.75, 3.05) is 36.4 Å². The Morgan fingerprint density at radius 3 is 2.34 bits per heavy atom. The van der Waals surface area contributed by atoms with Crippen LogP contribution in [0.15, 0.2) is 60.7 Å². The van der Waals surface area contributed by atoms with Crippen LogP contribution in [0.5, 0.6) is 0 Å². The van der Waals surface area contributed by atoms with Crippen LogP contribution in [0, 0.1) is 6.92 Å². The number of nitrogens with one attached hydrogen (secondary N) is 2. The van der Waals surface area contributed by atoms with Crippen LogP contribution in [0.4, 0.5) is 11.4 Å². The first-order valence-corrected chi connectivity index (χ1v) is 12.7. The first kappa shape index (κ1) is 25.7. The van der Waals surface area contributed by atoms with Crippen molar-refractivity contribution in [3.05, 3.63) is 92.4 Å². The van der Waals surface area contributed by atoms with E-state index in [1.807, 2.05) is 43.3 Å². The number of amides is 1. The fourth-order valence-corrected chi connectivity index (χ4v) is 4.81. The summed E-state index contributed by atoms with van der Waals surface area (Å²) < 4.78 is 0. The lowest BCUT2D eigenvalue weighted by atomic mass is 10.1. The molecule has 0 radical (unpaired) electrons. The number of anilines is 2. The molecule has 9 heteroatoms. The maximum atomic E-state index is 12.5. The van der Waals surface area contributed by atoms with Crippen molar-refractivity contribution in [1.29, 1.82) is 0 Å². The van der Waals surface area contributed by atoms with Gasteiger partial charge in [-0.05, 0) is 66.7 Å². The molecule has 1 aliphatic heterocycles. The zero-order chi connectivity index (χ0) is 24.9. The molecule has 1 fully saturated rings. The lowest BCUT2D eigenvalue weighted by molar-refractivity contribution is 0.0977. The number of rotatable bonds is 5. The molecule has 0 aliphatic carbocycles. The minimum absolute atomic E-state index is 0.184. The third-order valence-corrected chi connectivity index (χ3v) is 7.21. The Bertz CT molecular complexity index is 1250. The molecule has 0 bridgehead atoms. The predicted octanol–water partition coefficient (Wildman–Crippen LogP) is 6.40. The SMILES string of the molecule is Cc1ccc(C(=O)NC(=S)Nc2ccc(N3CCN(Cc4ccccc4Cl)CC3)c(Cl)c2)cc1Cl. The molecule has 182 valence electrons. The molecule has 1 heterocycles. The fraction of sp³-hybridized carbons (Fsp3) is 0.231. The van der Waals surface area contributed by atoms with Gasteiger partial charge in [0.25, 0.3) is 5.91 Å². The molecule has 0 saturated carbocycles. The number of hydrogen-bond acceptors (Lipinski definition) is 4. The van der Waals surface area contributed by atoms with E-state index in [4.69, 9.17) is 47.0 Å². The third kappa shape index (κ3) is 6.66. The van der Waals surface area contributed by atoms with Crippen molar-refractivity contribution in [3.8, 4) is 0 Å². The summed E-state index contributed by atoms with van der Waals surface area (Å²) in [7, 11) is 0. The van der Waals surface area contributed by atoms with Crippen molar-refractivity contribution >= 4 is 69.4 Å². The van der Waals surface area contributed by atoms with Crippen molar-refractivity contribution in [1.82, 2.24) is 10.2 Å². The Hall–Kier alpha value is -2.35. The summed E-state index contributed by atoms with van der Waals surface area (Å²) in [4.78, 5) is 17.1. The van der Waals surface area contributed by atoms with E-state index < -0.39 is 0 Å². The van der Waals surface area contributed by atoms with E-state index in [1.165, 1.54) is 0 Å². The van der Waals surface area contributed by atoms with Crippen molar-refractivity contribution in [2.24, 2.45) is 0 Å². The monoisotopic (exact) mass is 546 g/mol. The molecule has 1 amide bonds. The van der Waals surface area contributed by atoms with E-state index in [-0.39, 0.29) is 11.0 Å². The van der Waals surface area contributed by atoms with E-state index >= 15 is 0 Å². The number of thiocarbonyl (C=S) groups is 1. The Labute approximate surface area is 226 Å². The molecular weight excluding hydrogens is 523 g/mol. The highest BCUT2D eigenvalue weighted by Gasteiger charge is 2.20. The molecule has 3 aromatic rings. The highest BCUT2D eigenvalue weighted by Crippen LogP contribution is 2.30. The zero-order valence-electron chi connectivity index (χ0n) is 19.2. The topological polar surface area (TPSA) is 47.6 Å². The highest BCUT2D eigenvalue weighted by atomic mass is 35.5. The van der Waals surface area contributed by atoms with Gasteiger partial charge in [-0.1, -0.05) is 59.1 Å². The number of benzene rings is 3. The number of nitrogens with zero attached hydrogens (tertiary/aromatic N) is 2. The Balaban J connectivity index is 1.31. The molecule has 5 nitrogen and oxygen atoms in total. The summed E-state index contributed by atoms with van der Waals surface area (Å²) in [5, 5.41) is 7.83. The third-order valence-electron chi connectivity index (χ3n) is 5.93. The molecule has 1 aliphatic rings. The number of halogens is 3. The molecule has 0 unspecified atom stereocenters. The largest absolute Gasteiger partial charge is 0.368 e. The van der Waals surface area contributed by atoms with Crippen LogP contribution in [0.2, 0.25) is 15.1 Å². The second-order valence-corrected chi connectivity index (χ2v) is 10.0. The van der Waals surface area contributed by atoms with Gasteiger partial charge in [-0.2, -0.15) is 0 Å². The zero-order valence-corrected chi connectivity index (χ0v) is 22.2. The number of hydrogen-bond donors (Lipinski definition) is 2. The minimum Gasteiger partial charge on any atom is -0.368 e. The first-order valence-electron chi connectivity index (χ1n) is 11.2. The minimum atomic E-state index is -0.332. The fourth-order valence-electron chi connectivity index (χ4n) is 3.93. The van der Waals surface area contributed by atoms with Crippen LogP contribution in [0.1, 0.15) is 21.5 Å². The van der Waals surface area contributed by atoms with Gasteiger partial charge in [-0.25, -0.2) is 0 Å². The van der Waals surface area contributed by atoms with Gasteiger partial charge >= 0.3 is 0 Å². The molecule has 1 saturated heterocycles. The van der Waals surface area contributed by atoms with Gasteiger partial charge < -0.3 is 10.2 Å². The summed E-state index contributed by atoms with van der Waals surface area (Å²) in [5.74, 6) is -0.332. The van der Waals surface area contributed by atoms with Gasteiger partial charge in [-0.3, -0.25) is 15.0 Å². The van der Waals surface area contributed by atoms with Gasteiger partial charge in [-0.15, -0.1) is 0 Å². The van der Waals surface area contributed by atoms with Crippen LogP contribution in [0.25, 0.3) is 0 Å². The quantitative estimate of drug-likeness (QED) is 0.362. The lowest BCUT2D eigenvalue weighted by Crippen LogP contribution is -2.46. The first-order chi connectivity index (χ1) is 16.8. The smallest absolute Gasteiger partial charge is 0.257 e. The Morgan fingerprint density at radius 1 is 0.914 bits per heavy atom. The summed E-state index contributed by atoms with van der Waals surface area (Å²) >= 11 is 24.3. The predicted molar refractivity (Wildman–Crippen MR) is 150 cm³/mol. The molecule has 0 aromatic heterocycles. The number of carbonyl (C=O) groups is 1. The van der Waals surface area contributed by atoms with E-state index in [0.717, 1.165) is 54.6 Å². The number of aryl methyl sites for hydroxylation is 1. The molecular formula is C26H25Cl3N4OS. The Morgan fingerprint density at radius 2 is 1.66 bits per heavy atom. The maximum absolute atomic E-state index is 12.5. The van der Waals surface area contributed by atoms with Crippen LogP contribution < -0.4 is 15.5 Å². The normalized spacial score (nSPS) is 14.0. The molecule has 0 atom stereocenters. The standard InChI is InChI=1S/C26H25Cl3N4OS/c1-17-6-7-18(14-22(17)28)25(34)31-26(35)30-20-8-9-24(23(29)15-20)33-12-10-32(11-13-33)16-19-4-2-3-5-21(19)27/h2-9,14-15H,10-13,16H2,1H3,(H2,30,31,34,35). The van der Waals surface area contributed by atoms with Gasteiger partial charge in [0, 0.05) is 54.0 Å². The molecule has 2 N–H and O–H groups in total. The van der Waals surface area contributed by atoms with Crippen LogP contribution >= 0.6 is 47.0 Å². The second kappa shape index (κ2) is 11.6. The van der Waals surface area contributed by atoms with Gasteiger partial charge in [0.05, 0.1) is 10.7 Å². The van der Waals surface area contributed by atoms with Crippen molar-refractivity contribution in [3.63, 3.8) is 0 Å². The van der Waals surface area contributed by atoms with Crippen molar-refractivity contribution < 1.29 is 4.79 Å². The Kier molecular flexibility index (Phi) is 8.52. The van der Waals surface area contributed by atoms with Gasteiger partial charge in [0.2, 0.25) is 0 Å². The van der Waals surface area contributed by atoms with Crippen LogP contribution in [0.3, 0.4) is 0 Å². The average molecular weight is 548 g/mol. The van der Waals surface area contributed by atoms with Crippen LogP contribution in [-0.2, 0) is 6.54 Å². The summed E-state index contributed by atoms with van der Waals surface area (Å²) in [6.07, 6.45) is 0. The molecule has 4 rings (SSSR count).